The number of aliphatic hydroxyl groups excluding tert-OH is 1. The molecule has 6 heteroatoms. The number of rotatable bonds is 5. The molecule has 1 atom stereocenters. The highest BCUT2D eigenvalue weighted by Gasteiger charge is 2.05. The minimum Gasteiger partial charge on any atom is -0.492 e. The van der Waals surface area contributed by atoms with Gasteiger partial charge in [0.15, 0.2) is 0 Å². The van der Waals surface area contributed by atoms with Crippen LogP contribution in [0, 0.1) is 10.1 Å². The lowest BCUT2D eigenvalue weighted by molar-refractivity contribution is -0.384. The number of aliphatic hydroxyl groups is 1. The predicted molar refractivity (Wildman–Crippen MR) is 120 cm³/mol. The van der Waals surface area contributed by atoms with Gasteiger partial charge in [-0.2, -0.15) is 0 Å². The highest BCUT2D eigenvalue weighted by molar-refractivity contribution is 5.65. The van der Waals surface area contributed by atoms with E-state index in [0.29, 0.717) is 6.61 Å². The lowest BCUT2D eigenvalue weighted by Crippen LogP contribution is -2.23. The van der Waals surface area contributed by atoms with Crippen LogP contribution in [0.3, 0.4) is 0 Å². The molecule has 28 heavy (non-hydrogen) atoms. The fourth-order valence-corrected chi connectivity index (χ4v) is 1.75. The summed E-state index contributed by atoms with van der Waals surface area (Å²) >= 11 is 0. The third-order valence-electron chi connectivity index (χ3n) is 2.78. The molecule has 2 rings (SSSR count). The maximum Gasteiger partial charge on any atom is 0.269 e. The first-order chi connectivity index (χ1) is 13.6. The predicted octanol–water partition coefficient (Wildman–Crippen LogP) is 5.67. The fourth-order valence-electron chi connectivity index (χ4n) is 1.75. The van der Waals surface area contributed by atoms with Crippen LogP contribution in [0.4, 0.5) is 5.69 Å². The normalized spacial score (nSPS) is 9.36. The molecule has 0 bridgehead atoms. The molecule has 0 aliphatic carbocycles. The lowest BCUT2D eigenvalue weighted by atomic mass is 10.1. The summed E-state index contributed by atoms with van der Waals surface area (Å²) in [4.78, 5) is 10.2. The topological polar surface area (TPSA) is 98.6 Å². The van der Waals surface area contributed by atoms with Crippen molar-refractivity contribution in [2.45, 2.75) is 54.5 Å². The third kappa shape index (κ3) is 12.8. The molecule has 0 aliphatic heterocycles. The van der Waals surface area contributed by atoms with E-state index < -0.39 is 4.92 Å². The Hall–Kier alpha value is -2.44. The average molecular weight is 395 g/mol. The van der Waals surface area contributed by atoms with Crippen molar-refractivity contribution in [1.29, 1.82) is 0 Å². The van der Waals surface area contributed by atoms with Crippen molar-refractivity contribution in [2.24, 2.45) is 5.73 Å². The Labute approximate surface area is 170 Å². The molecule has 0 spiro atoms. The molecular formula is C22H38N2O4. The van der Waals surface area contributed by atoms with Crippen LogP contribution in [-0.2, 0) is 0 Å². The zero-order chi connectivity index (χ0) is 22.5. The number of nitrogens with two attached hydrogens (primary N) is 1. The number of nitro benzene ring substituents is 1. The van der Waals surface area contributed by atoms with E-state index in [1.54, 1.807) is 12.1 Å². The number of ether oxygens (including phenoxy) is 1. The molecule has 3 N–H and O–H groups in total. The summed E-state index contributed by atoms with van der Waals surface area (Å²) in [6.07, 6.45) is 0. The number of benzene rings is 2. The molecule has 0 fully saturated rings. The van der Waals surface area contributed by atoms with Crippen molar-refractivity contribution in [3.63, 3.8) is 0 Å². The smallest absolute Gasteiger partial charge is 0.269 e. The second kappa shape index (κ2) is 20.9. The summed E-state index contributed by atoms with van der Waals surface area (Å²) < 4.78 is 5.49. The van der Waals surface area contributed by atoms with Crippen LogP contribution in [0.2, 0.25) is 0 Å². The van der Waals surface area contributed by atoms with Crippen LogP contribution in [0.15, 0.2) is 48.5 Å². The van der Waals surface area contributed by atoms with Crippen LogP contribution in [0.1, 0.15) is 48.5 Å². The SMILES string of the molecule is CC.CC.CC.CC(N)COc1ccc(-c2ccc([N+](=O)[O-])cc2)cc1.CO. The summed E-state index contributed by atoms with van der Waals surface area (Å²) in [5, 5.41) is 17.6. The van der Waals surface area contributed by atoms with E-state index in [1.807, 2.05) is 72.7 Å². The van der Waals surface area contributed by atoms with Gasteiger partial charge in [-0.25, -0.2) is 0 Å². The molecule has 1 unspecified atom stereocenters. The van der Waals surface area contributed by atoms with Crippen LogP contribution in [0.25, 0.3) is 11.1 Å². The van der Waals surface area contributed by atoms with Crippen molar-refractivity contribution in [3.05, 3.63) is 58.6 Å². The maximum atomic E-state index is 10.6. The van der Waals surface area contributed by atoms with E-state index in [0.717, 1.165) is 24.0 Å². The molecule has 0 aromatic heterocycles. The third-order valence-corrected chi connectivity index (χ3v) is 2.78. The van der Waals surface area contributed by atoms with E-state index in [1.165, 1.54) is 12.1 Å². The number of nitro groups is 1. The molecule has 2 aromatic rings. The first-order valence-electron chi connectivity index (χ1n) is 9.74. The first-order valence-corrected chi connectivity index (χ1v) is 9.74. The average Bonchev–Trinajstić information content (AvgIpc) is 2.78. The maximum absolute atomic E-state index is 10.6. The van der Waals surface area contributed by atoms with Gasteiger partial charge in [-0.15, -0.1) is 0 Å². The van der Waals surface area contributed by atoms with Gasteiger partial charge in [0.25, 0.3) is 5.69 Å². The van der Waals surface area contributed by atoms with E-state index in [2.05, 4.69) is 0 Å². The van der Waals surface area contributed by atoms with Gasteiger partial charge < -0.3 is 15.6 Å². The van der Waals surface area contributed by atoms with Crippen LogP contribution >= 0.6 is 0 Å². The first kappa shape index (κ1) is 30.3. The number of non-ortho nitro benzene ring substituents is 1. The van der Waals surface area contributed by atoms with Crippen molar-refractivity contribution in [2.75, 3.05) is 13.7 Å². The van der Waals surface area contributed by atoms with Gasteiger partial charge in [0.1, 0.15) is 12.4 Å². The summed E-state index contributed by atoms with van der Waals surface area (Å²) in [6, 6.07) is 14.0. The Morgan fingerprint density at radius 2 is 1.25 bits per heavy atom. The highest BCUT2D eigenvalue weighted by Crippen LogP contribution is 2.24. The van der Waals surface area contributed by atoms with Crippen molar-refractivity contribution >= 4 is 5.69 Å². The Balaban J connectivity index is -0.000000695. The zero-order valence-electron chi connectivity index (χ0n) is 18.6. The largest absolute Gasteiger partial charge is 0.492 e. The minimum atomic E-state index is -0.408. The zero-order valence-corrected chi connectivity index (χ0v) is 18.6. The van der Waals surface area contributed by atoms with Crippen molar-refractivity contribution in [3.8, 4) is 16.9 Å². The van der Waals surface area contributed by atoms with E-state index >= 15 is 0 Å². The molecule has 0 radical (unpaired) electrons. The Kier molecular flexibility index (Phi) is 22.6. The summed E-state index contributed by atoms with van der Waals surface area (Å²) in [5.41, 5.74) is 7.61. The highest BCUT2D eigenvalue weighted by atomic mass is 16.6. The molecule has 0 aliphatic rings. The van der Waals surface area contributed by atoms with Gasteiger partial charge in [-0.05, 0) is 42.3 Å². The van der Waals surface area contributed by atoms with Gasteiger partial charge in [0.2, 0.25) is 0 Å². The summed E-state index contributed by atoms with van der Waals surface area (Å²) in [6.45, 7) is 14.3. The Morgan fingerprint density at radius 3 is 1.57 bits per heavy atom. The quantitative estimate of drug-likeness (QED) is 0.502. The van der Waals surface area contributed by atoms with Crippen molar-refractivity contribution in [1.82, 2.24) is 0 Å². The molecular weight excluding hydrogens is 356 g/mol. The van der Waals surface area contributed by atoms with Crippen LogP contribution in [-0.4, -0.2) is 29.8 Å². The van der Waals surface area contributed by atoms with Crippen molar-refractivity contribution < 1.29 is 14.8 Å². The Bertz CT molecular complexity index is 582. The molecule has 0 saturated carbocycles. The standard InChI is InChI=1S/C15H16N2O3.3C2H6.CH4O/c1-11(16)10-20-15-8-4-13(5-9-15)12-2-6-14(7-3-12)17(18)19;4*1-2/h2-9,11H,10,16H2,1H3;3*1-2H3;2H,1H3. The van der Waals surface area contributed by atoms with Gasteiger partial charge >= 0.3 is 0 Å². The number of hydrogen-bond donors (Lipinski definition) is 2. The molecule has 6 nitrogen and oxygen atoms in total. The van der Waals surface area contributed by atoms with Gasteiger partial charge in [-0.1, -0.05) is 53.7 Å². The van der Waals surface area contributed by atoms with Gasteiger partial charge in [-0.3, -0.25) is 10.1 Å². The Morgan fingerprint density at radius 1 is 0.893 bits per heavy atom. The molecule has 2 aromatic carbocycles. The number of nitrogens with zero attached hydrogens (tertiary/aromatic N) is 1. The minimum absolute atomic E-state index is 0.00986. The second-order valence-electron chi connectivity index (χ2n) is 4.62. The van der Waals surface area contributed by atoms with E-state index in [-0.39, 0.29) is 11.7 Å². The lowest BCUT2D eigenvalue weighted by Gasteiger charge is -2.09. The molecule has 0 amide bonds. The summed E-state index contributed by atoms with van der Waals surface area (Å²) in [7, 11) is 1.00. The van der Waals surface area contributed by atoms with E-state index in [4.69, 9.17) is 15.6 Å². The molecule has 0 heterocycles. The van der Waals surface area contributed by atoms with E-state index in [9.17, 15) is 10.1 Å². The van der Waals surface area contributed by atoms with Crippen LogP contribution < -0.4 is 10.5 Å². The number of hydrogen-bond acceptors (Lipinski definition) is 5. The monoisotopic (exact) mass is 394 g/mol. The molecule has 0 saturated heterocycles. The van der Waals surface area contributed by atoms with Crippen LogP contribution in [0.5, 0.6) is 5.75 Å². The van der Waals surface area contributed by atoms with Gasteiger partial charge in [0.05, 0.1) is 4.92 Å². The van der Waals surface area contributed by atoms with Gasteiger partial charge in [0, 0.05) is 25.3 Å². The second-order valence-corrected chi connectivity index (χ2v) is 4.62. The fraction of sp³-hybridized carbons (Fsp3) is 0.455. The summed E-state index contributed by atoms with van der Waals surface area (Å²) in [5.74, 6) is 0.757. The molecule has 160 valence electrons.